The Kier molecular flexibility index (Phi) is 6.80. The van der Waals surface area contributed by atoms with Crippen LogP contribution in [0.5, 0.6) is 5.88 Å². The number of carboxylic acid groups (broad SMARTS) is 1. The highest BCUT2D eigenvalue weighted by Gasteiger charge is 2.29. The van der Waals surface area contributed by atoms with E-state index in [1.165, 1.54) is 18.3 Å². The molecule has 0 bridgehead atoms. The van der Waals surface area contributed by atoms with E-state index >= 15 is 0 Å². The van der Waals surface area contributed by atoms with E-state index in [4.69, 9.17) is 5.11 Å². The van der Waals surface area contributed by atoms with Crippen LogP contribution in [-0.4, -0.2) is 41.3 Å². The van der Waals surface area contributed by atoms with Crippen LogP contribution in [0.1, 0.15) is 30.1 Å². The lowest BCUT2D eigenvalue weighted by Crippen LogP contribution is -2.33. The Morgan fingerprint density at radius 1 is 1.43 bits per heavy atom. The van der Waals surface area contributed by atoms with Crippen molar-refractivity contribution < 1.29 is 32.6 Å². The van der Waals surface area contributed by atoms with Gasteiger partial charge in [-0.05, 0) is 18.6 Å². The number of nitrogens with zero attached hydrogens (tertiary/aromatic N) is 1. The zero-order chi connectivity index (χ0) is 17.5. The Morgan fingerprint density at radius 2 is 2.13 bits per heavy atom. The minimum absolute atomic E-state index is 0.129. The van der Waals surface area contributed by atoms with Crippen LogP contribution in [0.2, 0.25) is 0 Å². The lowest BCUT2D eigenvalue weighted by atomic mass is 10.0. The molecule has 1 aromatic heterocycles. The molecular weight excluding hydrogens is 317 g/mol. The molecule has 0 aliphatic heterocycles. The van der Waals surface area contributed by atoms with E-state index < -0.39 is 36.5 Å². The summed E-state index contributed by atoms with van der Waals surface area (Å²) in [6, 6.07) is 2.62. The molecule has 1 unspecified atom stereocenters. The minimum Gasteiger partial charge on any atom is -0.481 e. The van der Waals surface area contributed by atoms with Gasteiger partial charge in [-0.1, -0.05) is 13.3 Å². The van der Waals surface area contributed by atoms with Gasteiger partial charge in [0.25, 0.3) is 5.91 Å². The molecule has 23 heavy (non-hydrogen) atoms. The maximum absolute atomic E-state index is 12.2. The second-order valence-electron chi connectivity index (χ2n) is 4.79. The van der Waals surface area contributed by atoms with Gasteiger partial charge in [-0.25, -0.2) is 4.98 Å². The predicted octanol–water partition coefficient (Wildman–Crippen LogP) is 2.25. The van der Waals surface area contributed by atoms with E-state index in [0.717, 1.165) is 0 Å². The number of pyridine rings is 1. The number of carboxylic acids is 1. The number of ether oxygens (including phenoxy) is 1. The van der Waals surface area contributed by atoms with Crippen molar-refractivity contribution in [1.82, 2.24) is 10.3 Å². The molecule has 128 valence electrons. The van der Waals surface area contributed by atoms with Gasteiger partial charge in [-0.15, -0.1) is 0 Å². The van der Waals surface area contributed by atoms with Crippen molar-refractivity contribution in [2.75, 3.05) is 13.2 Å². The smallest absolute Gasteiger partial charge is 0.422 e. The summed E-state index contributed by atoms with van der Waals surface area (Å²) in [6.07, 6.45) is -2.36. The number of amides is 1. The second-order valence-corrected chi connectivity index (χ2v) is 4.79. The third kappa shape index (κ3) is 6.54. The predicted molar refractivity (Wildman–Crippen MR) is 74.2 cm³/mol. The van der Waals surface area contributed by atoms with Crippen molar-refractivity contribution in [2.45, 2.75) is 25.9 Å². The molecule has 0 fully saturated rings. The monoisotopic (exact) mass is 334 g/mol. The quantitative estimate of drug-likeness (QED) is 0.761. The Balaban J connectivity index is 2.74. The summed E-state index contributed by atoms with van der Waals surface area (Å²) < 4.78 is 41.1. The van der Waals surface area contributed by atoms with Crippen molar-refractivity contribution in [3.8, 4) is 5.88 Å². The van der Waals surface area contributed by atoms with Gasteiger partial charge in [0.05, 0.1) is 5.92 Å². The van der Waals surface area contributed by atoms with Crippen LogP contribution in [0, 0.1) is 5.92 Å². The average molecular weight is 334 g/mol. The fraction of sp³-hybridized carbons (Fsp3) is 0.500. The van der Waals surface area contributed by atoms with Gasteiger partial charge < -0.3 is 15.2 Å². The number of nitrogens with one attached hydrogen (secondary N) is 1. The molecule has 0 saturated heterocycles. The van der Waals surface area contributed by atoms with Crippen molar-refractivity contribution in [3.63, 3.8) is 0 Å². The second kappa shape index (κ2) is 8.35. The van der Waals surface area contributed by atoms with Crippen LogP contribution in [-0.2, 0) is 4.79 Å². The van der Waals surface area contributed by atoms with Gasteiger partial charge in [0.2, 0.25) is 5.88 Å². The Bertz CT molecular complexity index is 549. The molecule has 1 heterocycles. The molecule has 0 aliphatic carbocycles. The maximum Gasteiger partial charge on any atom is 0.422 e. The van der Waals surface area contributed by atoms with Gasteiger partial charge in [-0.3, -0.25) is 9.59 Å². The third-order valence-electron chi connectivity index (χ3n) is 2.88. The lowest BCUT2D eigenvalue weighted by molar-refractivity contribution is -0.154. The van der Waals surface area contributed by atoms with Crippen LogP contribution in [0.3, 0.4) is 0 Å². The third-order valence-corrected chi connectivity index (χ3v) is 2.88. The molecule has 1 aromatic rings. The molecule has 0 aromatic carbocycles. The maximum atomic E-state index is 12.2. The number of rotatable bonds is 8. The first-order valence-electron chi connectivity index (χ1n) is 6.90. The zero-order valence-corrected chi connectivity index (χ0v) is 12.4. The van der Waals surface area contributed by atoms with Crippen LogP contribution < -0.4 is 10.1 Å². The Morgan fingerprint density at radius 3 is 2.70 bits per heavy atom. The summed E-state index contributed by atoms with van der Waals surface area (Å²) in [5.74, 6) is -3.01. The minimum atomic E-state index is -4.55. The highest BCUT2D eigenvalue weighted by atomic mass is 19.4. The number of carbonyl (C=O) groups excluding carboxylic acids is 1. The number of aliphatic carboxylic acids is 1. The van der Waals surface area contributed by atoms with E-state index in [0.29, 0.717) is 12.8 Å². The molecule has 1 rings (SSSR count). The van der Waals surface area contributed by atoms with Crippen LogP contribution >= 0.6 is 0 Å². The number of hydrogen-bond donors (Lipinski definition) is 2. The van der Waals surface area contributed by atoms with Crippen LogP contribution in [0.4, 0.5) is 13.2 Å². The molecule has 0 radical (unpaired) electrons. The highest BCUT2D eigenvalue weighted by molar-refractivity contribution is 5.96. The Labute approximate surface area is 130 Å². The van der Waals surface area contributed by atoms with Gasteiger partial charge in [-0.2, -0.15) is 13.2 Å². The summed E-state index contributed by atoms with van der Waals surface area (Å²) in [6.45, 7) is 0.107. The lowest BCUT2D eigenvalue weighted by Gasteiger charge is -2.14. The number of alkyl halides is 3. The fourth-order valence-electron chi connectivity index (χ4n) is 1.80. The van der Waals surface area contributed by atoms with E-state index in [1.807, 2.05) is 6.92 Å². The van der Waals surface area contributed by atoms with Crippen molar-refractivity contribution in [3.05, 3.63) is 23.9 Å². The standard InChI is InChI=1S/C14H17F3N2O4/c1-2-4-9(13(21)22)7-19-11(20)10-5-3-6-18-12(10)23-8-14(15,16)17/h3,5-6,9H,2,4,7-8H2,1H3,(H,19,20)(H,21,22). The SMILES string of the molecule is CCCC(CNC(=O)c1cccnc1OCC(F)(F)F)C(=O)O. The fourth-order valence-corrected chi connectivity index (χ4v) is 1.80. The molecule has 1 atom stereocenters. The van der Waals surface area contributed by atoms with Crippen molar-refractivity contribution in [1.29, 1.82) is 0 Å². The molecule has 0 aliphatic rings. The summed E-state index contributed by atoms with van der Waals surface area (Å²) in [7, 11) is 0. The van der Waals surface area contributed by atoms with Crippen LogP contribution in [0.15, 0.2) is 18.3 Å². The molecular formula is C14H17F3N2O4. The molecule has 0 spiro atoms. The molecule has 6 nitrogen and oxygen atoms in total. The van der Waals surface area contributed by atoms with E-state index in [2.05, 4.69) is 15.0 Å². The number of halogens is 3. The first-order valence-corrected chi connectivity index (χ1v) is 6.90. The van der Waals surface area contributed by atoms with E-state index in [-0.39, 0.29) is 12.1 Å². The van der Waals surface area contributed by atoms with Crippen LogP contribution in [0.25, 0.3) is 0 Å². The zero-order valence-electron chi connectivity index (χ0n) is 12.4. The molecule has 0 saturated carbocycles. The summed E-state index contributed by atoms with van der Waals surface area (Å²) >= 11 is 0. The molecule has 9 heteroatoms. The Hall–Kier alpha value is -2.32. The number of hydrogen-bond acceptors (Lipinski definition) is 4. The normalized spacial score (nSPS) is 12.5. The van der Waals surface area contributed by atoms with E-state index in [1.54, 1.807) is 0 Å². The number of aromatic nitrogens is 1. The molecule has 1 amide bonds. The number of carbonyl (C=O) groups is 2. The van der Waals surface area contributed by atoms with Gasteiger partial charge >= 0.3 is 12.1 Å². The summed E-state index contributed by atoms with van der Waals surface area (Å²) in [5, 5.41) is 11.4. The first-order chi connectivity index (χ1) is 10.7. The first kappa shape index (κ1) is 18.7. The highest BCUT2D eigenvalue weighted by Crippen LogP contribution is 2.20. The van der Waals surface area contributed by atoms with Crippen molar-refractivity contribution in [2.24, 2.45) is 5.92 Å². The average Bonchev–Trinajstić information content (AvgIpc) is 2.48. The van der Waals surface area contributed by atoms with Crippen molar-refractivity contribution >= 4 is 11.9 Å². The van der Waals surface area contributed by atoms with Gasteiger partial charge in [0.1, 0.15) is 5.56 Å². The summed E-state index contributed by atoms with van der Waals surface area (Å²) in [4.78, 5) is 26.6. The van der Waals surface area contributed by atoms with Gasteiger partial charge in [0, 0.05) is 12.7 Å². The molecule has 2 N–H and O–H groups in total. The van der Waals surface area contributed by atoms with Gasteiger partial charge in [0.15, 0.2) is 6.61 Å². The largest absolute Gasteiger partial charge is 0.481 e. The summed E-state index contributed by atoms with van der Waals surface area (Å²) in [5.41, 5.74) is -0.183. The van der Waals surface area contributed by atoms with E-state index in [9.17, 15) is 22.8 Å². The topological polar surface area (TPSA) is 88.5 Å².